The van der Waals surface area contributed by atoms with Crippen LogP contribution in [0.4, 0.5) is 23.7 Å². The first-order valence-corrected chi connectivity index (χ1v) is 11.5. The van der Waals surface area contributed by atoms with Crippen LogP contribution < -0.4 is 22.1 Å². The van der Waals surface area contributed by atoms with Crippen LogP contribution in [0, 0.1) is 0 Å². The minimum Gasteiger partial charge on any atom is -0.370 e. The predicted molar refractivity (Wildman–Crippen MR) is 133 cm³/mol. The van der Waals surface area contributed by atoms with Gasteiger partial charge in [-0.15, -0.1) is 11.3 Å². The zero-order chi connectivity index (χ0) is 26.4. The second-order valence-corrected chi connectivity index (χ2v) is 8.21. The minimum absolute atomic E-state index is 0.166. The van der Waals surface area contributed by atoms with Gasteiger partial charge in [-0.25, -0.2) is 19.8 Å². The molecule has 0 spiro atoms. The number of hydrogen-bond acceptors (Lipinski definition) is 7. The molecule has 192 valence electrons. The van der Waals surface area contributed by atoms with Crippen molar-refractivity contribution in [2.75, 3.05) is 11.9 Å². The molecule has 37 heavy (non-hydrogen) atoms. The largest absolute Gasteiger partial charge is 0.405 e. The van der Waals surface area contributed by atoms with E-state index in [2.05, 4.69) is 25.4 Å². The molecule has 15 heteroatoms. The van der Waals surface area contributed by atoms with Gasteiger partial charge in [0.05, 0.1) is 23.6 Å². The van der Waals surface area contributed by atoms with E-state index in [1.807, 2.05) is 0 Å². The Kier molecular flexibility index (Phi) is 7.52. The fraction of sp³-hybridized carbons (Fsp3) is 0.136. The number of guanidine groups is 1. The van der Waals surface area contributed by atoms with E-state index < -0.39 is 25.0 Å². The lowest BCUT2D eigenvalue weighted by Crippen LogP contribution is -2.36. The molecule has 1 aromatic carbocycles. The van der Waals surface area contributed by atoms with Crippen LogP contribution in [0.3, 0.4) is 0 Å². The fourth-order valence-electron chi connectivity index (χ4n) is 3.17. The summed E-state index contributed by atoms with van der Waals surface area (Å²) in [5.41, 5.74) is 16.0. The summed E-state index contributed by atoms with van der Waals surface area (Å²) in [6.07, 6.45) is -0.512. The molecule has 0 fully saturated rings. The molecule has 0 radical (unpaired) electrons. The van der Waals surface area contributed by atoms with Gasteiger partial charge in [-0.2, -0.15) is 13.2 Å². The number of aliphatic imine (C=N–C) groups is 1. The number of carbonyl (C=O) groups excluding carboxylic acids is 1. The lowest BCUT2D eigenvalue weighted by atomic mass is 10.1. The number of nitrogens with zero attached hydrogens (tertiary/aromatic N) is 5. The number of halogens is 3. The van der Waals surface area contributed by atoms with E-state index in [9.17, 15) is 18.0 Å². The van der Waals surface area contributed by atoms with Gasteiger partial charge in [0, 0.05) is 28.4 Å². The number of pyridine rings is 1. The number of anilines is 1. The molecule has 3 aromatic heterocycles. The number of carbonyl (C=O) groups is 1. The smallest absolute Gasteiger partial charge is 0.370 e. The van der Waals surface area contributed by atoms with Crippen LogP contribution in [0.15, 0.2) is 69.8 Å². The maximum Gasteiger partial charge on any atom is 0.405 e. The summed E-state index contributed by atoms with van der Waals surface area (Å²) >= 11 is 1.36. The Morgan fingerprint density at radius 3 is 2.81 bits per heavy atom. The number of imidazole rings is 1. The Morgan fingerprint density at radius 2 is 2.08 bits per heavy atom. The average molecular weight is 532 g/mol. The molecule has 2 amide bonds. The molecule has 0 aliphatic carbocycles. The van der Waals surface area contributed by atoms with Crippen LogP contribution in [-0.2, 0) is 4.84 Å². The zero-order valence-corrected chi connectivity index (χ0v) is 19.7. The van der Waals surface area contributed by atoms with Gasteiger partial charge < -0.3 is 26.9 Å². The maximum atomic E-state index is 12.3. The number of nitrogens with one attached hydrogen (secondary N) is 2. The molecule has 0 saturated carbocycles. The van der Waals surface area contributed by atoms with Gasteiger partial charge in [-0.1, -0.05) is 17.3 Å². The third-order valence-electron chi connectivity index (χ3n) is 4.74. The summed E-state index contributed by atoms with van der Waals surface area (Å²) in [5.74, 6) is -0.166. The van der Waals surface area contributed by atoms with Crippen molar-refractivity contribution in [1.82, 2.24) is 19.7 Å². The van der Waals surface area contributed by atoms with Gasteiger partial charge in [-0.3, -0.25) is 4.40 Å². The molecule has 6 N–H and O–H groups in total. The van der Waals surface area contributed by atoms with Crippen molar-refractivity contribution in [3.63, 3.8) is 0 Å². The Bertz CT molecular complexity index is 1430. The number of aromatic nitrogens is 3. The molecule has 11 nitrogen and oxygen atoms in total. The highest BCUT2D eigenvalue weighted by atomic mass is 32.1. The Hall–Kier alpha value is -4.66. The summed E-state index contributed by atoms with van der Waals surface area (Å²) in [5, 5.41) is 9.85. The van der Waals surface area contributed by atoms with Crippen LogP contribution in [0.2, 0.25) is 0 Å². The van der Waals surface area contributed by atoms with Crippen molar-refractivity contribution in [2.45, 2.75) is 12.4 Å². The fourth-order valence-corrected chi connectivity index (χ4v) is 3.73. The van der Waals surface area contributed by atoms with E-state index in [1.165, 1.54) is 17.6 Å². The van der Waals surface area contributed by atoms with Crippen molar-refractivity contribution in [3.8, 4) is 11.3 Å². The highest BCUT2D eigenvalue weighted by Crippen LogP contribution is 2.24. The van der Waals surface area contributed by atoms with Gasteiger partial charge in [0.1, 0.15) is 17.9 Å². The number of thiazole rings is 1. The standard InChI is InChI=1S/C22H20F3N9O2S/c23-22(24,25)11-29-21(35)32-15-3-1-2-14(7-15)17-9-28-18-6-13(4-5-34(17)18)8-31-36-19(33-20(26)27)16-10-37-12-30-16/h1-10,12,19H,11H2,(H4,26,27,33)(H2,29,32,35)/b31-8+. The minimum atomic E-state index is -4.50. The van der Waals surface area contributed by atoms with Crippen molar-refractivity contribution in [2.24, 2.45) is 21.6 Å². The summed E-state index contributed by atoms with van der Waals surface area (Å²) in [6.45, 7) is -1.43. The number of alkyl halides is 3. The average Bonchev–Trinajstić information content (AvgIpc) is 3.52. The van der Waals surface area contributed by atoms with E-state index >= 15 is 0 Å². The second-order valence-electron chi connectivity index (χ2n) is 7.49. The number of benzene rings is 1. The summed E-state index contributed by atoms with van der Waals surface area (Å²) in [4.78, 5) is 29.7. The van der Waals surface area contributed by atoms with Crippen LogP contribution in [-0.4, -0.2) is 45.3 Å². The molecule has 1 unspecified atom stereocenters. The number of hydrogen-bond donors (Lipinski definition) is 4. The lowest BCUT2D eigenvalue weighted by Gasteiger charge is -2.11. The van der Waals surface area contributed by atoms with Gasteiger partial charge in [0.2, 0.25) is 0 Å². The number of urea groups is 1. The van der Waals surface area contributed by atoms with Crippen molar-refractivity contribution >= 4 is 40.9 Å². The monoisotopic (exact) mass is 531 g/mol. The first-order chi connectivity index (χ1) is 17.7. The summed E-state index contributed by atoms with van der Waals surface area (Å²) < 4.78 is 38.7. The first-order valence-electron chi connectivity index (χ1n) is 10.5. The lowest BCUT2D eigenvalue weighted by molar-refractivity contribution is -0.122. The third-order valence-corrected chi connectivity index (χ3v) is 5.34. The topological polar surface area (TPSA) is 157 Å². The maximum absolute atomic E-state index is 12.3. The van der Waals surface area contributed by atoms with Crippen LogP contribution in [0.25, 0.3) is 16.9 Å². The zero-order valence-electron chi connectivity index (χ0n) is 18.9. The number of nitrogens with two attached hydrogens (primary N) is 2. The van der Waals surface area contributed by atoms with Crippen LogP contribution in [0.5, 0.6) is 0 Å². The number of rotatable bonds is 8. The van der Waals surface area contributed by atoms with Crippen molar-refractivity contribution in [1.29, 1.82) is 0 Å². The molecule has 1 atom stereocenters. The van der Waals surface area contributed by atoms with Crippen molar-refractivity contribution < 1.29 is 22.8 Å². The Morgan fingerprint density at radius 1 is 1.24 bits per heavy atom. The second kappa shape index (κ2) is 10.9. The van der Waals surface area contributed by atoms with Crippen LogP contribution in [0.1, 0.15) is 17.5 Å². The van der Waals surface area contributed by atoms with E-state index in [4.69, 9.17) is 16.3 Å². The Balaban J connectivity index is 1.47. The molecule has 0 bridgehead atoms. The van der Waals surface area contributed by atoms with E-state index in [-0.39, 0.29) is 5.96 Å². The van der Waals surface area contributed by atoms with Crippen LogP contribution >= 0.6 is 11.3 Å². The molecule has 4 rings (SSSR count). The van der Waals surface area contributed by atoms with Gasteiger partial charge in [0.25, 0.3) is 6.23 Å². The van der Waals surface area contributed by atoms with E-state index in [1.54, 1.807) is 69.4 Å². The first kappa shape index (κ1) is 25.4. The quantitative estimate of drug-likeness (QED) is 0.155. The Labute approximate surface area is 211 Å². The van der Waals surface area contributed by atoms with E-state index in [0.717, 1.165) is 0 Å². The molecular weight excluding hydrogens is 511 g/mol. The van der Waals surface area contributed by atoms with Gasteiger partial charge in [0.15, 0.2) is 5.96 Å². The third kappa shape index (κ3) is 6.94. The molecular formula is C22H20F3N9O2S. The molecule has 0 saturated heterocycles. The number of fused-ring (bicyclic) bond motifs is 1. The SMILES string of the molecule is NC(N)=NC(O/N=C/c1ccn2c(-c3cccc(NC(=O)NCC(F)(F)F)c3)cnc2c1)c1cscn1. The van der Waals surface area contributed by atoms with Gasteiger partial charge in [-0.05, 0) is 24.3 Å². The molecule has 0 aliphatic rings. The highest BCUT2D eigenvalue weighted by molar-refractivity contribution is 7.07. The summed E-state index contributed by atoms with van der Waals surface area (Å²) in [7, 11) is 0. The number of oxime groups is 1. The number of amides is 2. The molecule has 3 heterocycles. The summed E-state index contributed by atoms with van der Waals surface area (Å²) in [6, 6.07) is 9.22. The highest BCUT2D eigenvalue weighted by Gasteiger charge is 2.27. The van der Waals surface area contributed by atoms with E-state index in [0.29, 0.717) is 33.8 Å². The van der Waals surface area contributed by atoms with Gasteiger partial charge >= 0.3 is 12.2 Å². The normalized spacial score (nSPS) is 12.4. The molecule has 4 aromatic rings. The van der Waals surface area contributed by atoms with Crippen molar-refractivity contribution in [3.05, 3.63) is 70.9 Å². The molecule has 0 aliphatic heterocycles. The predicted octanol–water partition coefficient (Wildman–Crippen LogP) is 3.46.